The SMILES string of the molecule is N#Cc1cccnc1N1CCN(CC2CCC3CCC2C3)CC1. The van der Waals surface area contributed by atoms with E-state index in [9.17, 15) is 5.26 Å². The van der Waals surface area contributed by atoms with Crippen LogP contribution in [0.15, 0.2) is 18.3 Å². The fourth-order valence-corrected chi connectivity index (χ4v) is 4.94. The molecule has 122 valence electrons. The molecule has 2 heterocycles. The lowest BCUT2D eigenvalue weighted by Crippen LogP contribution is -2.49. The molecule has 3 aliphatic rings. The van der Waals surface area contributed by atoms with Crippen LogP contribution in [0.4, 0.5) is 5.82 Å². The van der Waals surface area contributed by atoms with Gasteiger partial charge in [-0.15, -0.1) is 0 Å². The first-order chi connectivity index (χ1) is 11.3. The summed E-state index contributed by atoms with van der Waals surface area (Å²) >= 11 is 0. The normalized spacial score (nSPS) is 31.1. The van der Waals surface area contributed by atoms with E-state index in [0.717, 1.165) is 49.8 Å². The van der Waals surface area contributed by atoms with Gasteiger partial charge in [0, 0.05) is 38.9 Å². The topological polar surface area (TPSA) is 43.2 Å². The highest BCUT2D eigenvalue weighted by atomic mass is 15.3. The maximum Gasteiger partial charge on any atom is 0.146 e. The van der Waals surface area contributed by atoms with Gasteiger partial charge in [0.1, 0.15) is 11.9 Å². The minimum absolute atomic E-state index is 0.699. The minimum atomic E-state index is 0.699. The van der Waals surface area contributed by atoms with E-state index in [1.54, 1.807) is 6.20 Å². The molecule has 23 heavy (non-hydrogen) atoms. The molecular formula is C19H26N4. The Bertz CT molecular complexity index is 585. The van der Waals surface area contributed by atoms with Crippen molar-refractivity contribution in [1.82, 2.24) is 9.88 Å². The molecule has 0 N–H and O–H groups in total. The van der Waals surface area contributed by atoms with Gasteiger partial charge < -0.3 is 4.90 Å². The Balaban J connectivity index is 1.33. The van der Waals surface area contributed by atoms with Gasteiger partial charge in [0.2, 0.25) is 0 Å². The van der Waals surface area contributed by atoms with Crippen molar-refractivity contribution in [1.29, 1.82) is 5.26 Å². The molecule has 4 rings (SSSR count). The highest BCUT2D eigenvalue weighted by molar-refractivity contribution is 5.53. The van der Waals surface area contributed by atoms with Crippen molar-refractivity contribution in [2.24, 2.45) is 17.8 Å². The molecule has 3 unspecified atom stereocenters. The van der Waals surface area contributed by atoms with Gasteiger partial charge >= 0.3 is 0 Å². The van der Waals surface area contributed by atoms with Gasteiger partial charge in [-0.25, -0.2) is 4.98 Å². The molecule has 2 aliphatic carbocycles. The highest BCUT2D eigenvalue weighted by Crippen LogP contribution is 2.45. The van der Waals surface area contributed by atoms with Crippen LogP contribution in [0.1, 0.15) is 37.7 Å². The largest absolute Gasteiger partial charge is 0.353 e. The zero-order valence-electron chi connectivity index (χ0n) is 13.8. The molecule has 0 radical (unpaired) electrons. The molecule has 1 aliphatic heterocycles. The lowest BCUT2D eigenvalue weighted by molar-refractivity contribution is 0.151. The Morgan fingerprint density at radius 1 is 1.13 bits per heavy atom. The number of hydrogen-bond donors (Lipinski definition) is 0. The Morgan fingerprint density at radius 2 is 1.96 bits per heavy atom. The summed E-state index contributed by atoms with van der Waals surface area (Å²) in [6.07, 6.45) is 9.19. The van der Waals surface area contributed by atoms with E-state index in [1.165, 1.54) is 38.6 Å². The summed E-state index contributed by atoms with van der Waals surface area (Å²) in [4.78, 5) is 9.36. The van der Waals surface area contributed by atoms with Crippen LogP contribution in [-0.2, 0) is 0 Å². The summed E-state index contributed by atoms with van der Waals surface area (Å²) in [5.41, 5.74) is 0.699. The van der Waals surface area contributed by atoms with Crippen molar-refractivity contribution in [3.8, 4) is 6.07 Å². The average molecular weight is 310 g/mol. The van der Waals surface area contributed by atoms with E-state index in [1.807, 2.05) is 12.1 Å². The zero-order chi connectivity index (χ0) is 15.6. The lowest BCUT2D eigenvalue weighted by Gasteiger charge is -2.39. The summed E-state index contributed by atoms with van der Waals surface area (Å²) in [6, 6.07) is 5.98. The second kappa shape index (κ2) is 6.49. The number of anilines is 1. The first kappa shape index (κ1) is 15.0. The van der Waals surface area contributed by atoms with Crippen LogP contribution >= 0.6 is 0 Å². The number of nitriles is 1. The number of hydrogen-bond acceptors (Lipinski definition) is 4. The van der Waals surface area contributed by atoms with E-state index in [4.69, 9.17) is 0 Å². The van der Waals surface area contributed by atoms with Crippen LogP contribution in [0.3, 0.4) is 0 Å². The molecule has 0 spiro atoms. The standard InChI is InChI=1S/C19H26N4/c20-13-17-2-1-7-21-19(17)23-10-8-22(9-11-23)14-18-6-4-15-3-5-16(18)12-15/h1-2,7,15-16,18H,3-6,8-12,14H2. The van der Waals surface area contributed by atoms with Crippen molar-refractivity contribution < 1.29 is 0 Å². The van der Waals surface area contributed by atoms with Gasteiger partial charge in [0.15, 0.2) is 0 Å². The highest BCUT2D eigenvalue weighted by Gasteiger charge is 2.36. The zero-order valence-corrected chi connectivity index (χ0v) is 13.8. The number of aromatic nitrogens is 1. The van der Waals surface area contributed by atoms with Gasteiger partial charge in [-0.3, -0.25) is 4.90 Å². The van der Waals surface area contributed by atoms with Crippen LogP contribution in [-0.4, -0.2) is 42.6 Å². The fraction of sp³-hybridized carbons (Fsp3) is 0.684. The van der Waals surface area contributed by atoms with Gasteiger partial charge in [-0.05, 0) is 49.1 Å². The second-order valence-corrected chi connectivity index (χ2v) is 7.55. The number of pyridine rings is 1. The number of rotatable bonds is 3. The van der Waals surface area contributed by atoms with Crippen LogP contribution < -0.4 is 4.90 Å². The summed E-state index contributed by atoms with van der Waals surface area (Å²) in [5, 5.41) is 9.25. The predicted octanol–water partition coefficient (Wildman–Crippen LogP) is 2.90. The van der Waals surface area contributed by atoms with Crippen LogP contribution in [0, 0.1) is 29.1 Å². The molecule has 2 bridgehead atoms. The minimum Gasteiger partial charge on any atom is -0.353 e. The molecule has 0 aromatic carbocycles. The van der Waals surface area contributed by atoms with Crippen LogP contribution in [0.25, 0.3) is 0 Å². The van der Waals surface area contributed by atoms with Crippen molar-refractivity contribution in [2.75, 3.05) is 37.6 Å². The van der Waals surface area contributed by atoms with Crippen molar-refractivity contribution >= 4 is 5.82 Å². The summed E-state index contributed by atoms with van der Waals surface area (Å²) in [5.74, 6) is 3.87. The van der Waals surface area contributed by atoms with E-state index < -0.39 is 0 Å². The quantitative estimate of drug-likeness (QED) is 0.861. The first-order valence-corrected chi connectivity index (χ1v) is 9.16. The number of nitrogens with zero attached hydrogens (tertiary/aromatic N) is 4. The van der Waals surface area contributed by atoms with Crippen molar-refractivity contribution in [3.05, 3.63) is 23.9 Å². The monoisotopic (exact) mass is 310 g/mol. The Hall–Kier alpha value is -1.60. The molecule has 1 saturated heterocycles. The van der Waals surface area contributed by atoms with E-state index in [2.05, 4.69) is 20.9 Å². The number of fused-ring (bicyclic) bond motifs is 2. The summed E-state index contributed by atoms with van der Waals surface area (Å²) in [6.45, 7) is 5.48. The van der Waals surface area contributed by atoms with Gasteiger partial charge in [-0.1, -0.05) is 12.8 Å². The van der Waals surface area contributed by atoms with Gasteiger partial charge in [0.25, 0.3) is 0 Å². The predicted molar refractivity (Wildman–Crippen MR) is 91.2 cm³/mol. The molecule has 1 aromatic heterocycles. The van der Waals surface area contributed by atoms with E-state index >= 15 is 0 Å². The first-order valence-electron chi connectivity index (χ1n) is 9.16. The van der Waals surface area contributed by atoms with Crippen molar-refractivity contribution in [3.63, 3.8) is 0 Å². The smallest absolute Gasteiger partial charge is 0.146 e. The second-order valence-electron chi connectivity index (χ2n) is 7.55. The van der Waals surface area contributed by atoms with Crippen LogP contribution in [0.5, 0.6) is 0 Å². The van der Waals surface area contributed by atoms with Crippen LogP contribution in [0.2, 0.25) is 0 Å². The third kappa shape index (κ3) is 3.07. The molecule has 0 amide bonds. The fourth-order valence-electron chi connectivity index (χ4n) is 4.94. The molecule has 3 atom stereocenters. The molecule has 1 aromatic rings. The molecule has 3 fully saturated rings. The summed E-state index contributed by atoms with van der Waals surface area (Å²) in [7, 11) is 0. The average Bonchev–Trinajstić information content (AvgIpc) is 3.00. The van der Waals surface area contributed by atoms with Crippen molar-refractivity contribution in [2.45, 2.75) is 32.1 Å². The third-order valence-corrected chi connectivity index (χ3v) is 6.27. The van der Waals surface area contributed by atoms with E-state index in [-0.39, 0.29) is 0 Å². The maximum absolute atomic E-state index is 9.25. The Kier molecular flexibility index (Phi) is 4.22. The Morgan fingerprint density at radius 3 is 2.78 bits per heavy atom. The molecule has 2 saturated carbocycles. The number of piperazine rings is 1. The maximum atomic E-state index is 9.25. The summed E-state index contributed by atoms with van der Waals surface area (Å²) < 4.78 is 0. The molecule has 4 heteroatoms. The van der Waals surface area contributed by atoms with E-state index in [0.29, 0.717) is 5.56 Å². The third-order valence-electron chi connectivity index (χ3n) is 6.27. The van der Waals surface area contributed by atoms with Gasteiger partial charge in [-0.2, -0.15) is 5.26 Å². The Labute approximate surface area is 139 Å². The van der Waals surface area contributed by atoms with Gasteiger partial charge in [0.05, 0.1) is 5.56 Å². The molecule has 4 nitrogen and oxygen atoms in total. The molecular weight excluding hydrogens is 284 g/mol. The lowest BCUT2D eigenvalue weighted by atomic mass is 9.79.